The first-order valence-corrected chi connectivity index (χ1v) is 50.3. The Morgan fingerprint density at radius 3 is 1.52 bits per heavy atom. The van der Waals surface area contributed by atoms with E-state index in [1.807, 2.05) is 0 Å². The summed E-state index contributed by atoms with van der Waals surface area (Å²) in [4.78, 5) is 305. The van der Waals surface area contributed by atoms with Crippen LogP contribution in [-0.4, -0.2) is 375 Å². The van der Waals surface area contributed by atoms with E-state index in [-0.39, 0.29) is 147 Å². The Hall–Kier alpha value is -14.7. The minimum Gasteiger partial charge on any atom is -0.481 e. The first kappa shape index (κ1) is 114. The van der Waals surface area contributed by atoms with Gasteiger partial charge in [0.05, 0.1) is 57.9 Å². The molecule has 0 unspecified atom stereocenters. The van der Waals surface area contributed by atoms with Crippen molar-refractivity contribution in [2.24, 2.45) is 23.1 Å². The second-order valence-corrected chi connectivity index (χ2v) is 38.9. The Kier molecular flexibility index (Phi) is 43.2. The SMILES string of the molecule is CC[C@H](C)[C@H](NC(=O)[C@@H](NC(=O)[C@H](Cc1c[nH]c2ccccc12)NC(=O)CCCCCNC(=O)CN1CCN(CC(=O)O)CCN(CC(=O)O)CCN(CC(=O)O)CC1)[C@@H](C)O)C(=O)N[C@H]1CSSC[C@@H](C(=O)N[C@@H](Cc2c[nH]c3ccc(F)cc23)C(=O)N2CCC[C@H]2C(N)=O)NC(=O)[C@H](CC(=O)O)NC(=O)[C@H](Cc2cnc[nH]2)NC(=O)[C@H](Cc2c[nH]c3ccccc23)NC(=O)[C@H](CC(N)=O)NC(=O)[C@H](CC(N)=O)NC1=O. The van der Waals surface area contributed by atoms with E-state index in [0.717, 1.165) is 24.0 Å². The van der Waals surface area contributed by atoms with Crippen molar-refractivity contribution >= 4 is 173 Å². The molecule has 796 valence electrons. The lowest BCUT2D eigenvalue weighted by Gasteiger charge is -2.32. The number of carboxylic acid groups (broad SMARTS) is 4. The van der Waals surface area contributed by atoms with Crippen LogP contribution in [0.3, 0.4) is 0 Å². The number of hydrogen-bond acceptors (Lipinski definition) is 28. The number of aliphatic hydroxyl groups is 1. The van der Waals surface area contributed by atoms with E-state index < -0.39 is 259 Å². The number of amides is 16. The van der Waals surface area contributed by atoms with Gasteiger partial charge in [-0.25, -0.2) is 9.37 Å². The minimum absolute atomic E-state index is 0.0409. The molecule has 3 aliphatic rings. The van der Waals surface area contributed by atoms with E-state index >= 15 is 42.7 Å². The van der Waals surface area contributed by atoms with E-state index in [2.05, 4.69) is 88.7 Å². The molecule has 14 atom stereocenters. The Balaban J connectivity index is 0.919. The molecule has 50 nitrogen and oxygen atoms in total. The number of rotatable bonds is 42. The number of carbonyl (C=O) groups excluding carboxylic acids is 16. The summed E-state index contributed by atoms with van der Waals surface area (Å²) in [5.74, 6) is -25.9. The second kappa shape index (κ2) is 55.6. The van der Waals surface area contributed by atoms with Crippen molar-refractivity contribution in [1.82, 2.24) is 113 Å². The highest BCUT2D eigenvalue weighted by Crippen LogP contribution is 2.29. The summed E-state index contributed by atoms with van der Waals surface area (Å²) < 4.78 is 15.1. The number of benzene rings is 3. The summed E-state index contributed by atoms with van der Waals surface area (Å²) in [5, 5.41) is 82.7. The molecule has 147 heavy (non-hydrogen) atoms. The fraction of sp³-hybridized carbons (Fsp3) is 0.500. The molecule has 7 aromatic rings. The maximum Gasteiger partial charge on any atom is 0.317 e. The van der Waals surface area contributed by atoms with Crippen LogP contribution in [0, 0.1) is 11.7 Å². The topological polar surface area (TPSA) is 757 Å². The highest BCUT2D eigenvalue weighted by Gasteiger charge is 2.43. The number of aromatic amines is 4. The molecule has 7 heterocycles. The third-order valence-corrected chi connectivity index (χ3v) is 27.7. The Morgan fingerprint density at radius 2 is 0.986 bits per heavy atom. The second-order valence-electron chi connectivity index (χ2n) is 36.4. The first-order valence-electron chi connectivity index (χ1n) is 47.9. The quantitative estimate of drug-likeness (QED) is 0.0126. The minimum atomic E-state index is -2.18. The normalized spacial score (nSPS) is 20.8. The van der Waals surface area contributed by atoms with Crippen LogP contribution in [0.5, 0.6) is 0 Å². The summed E-state index contributed by atoms with van der Waals surface area (Å²) in [6.45, 7) is 4.54. The van der Waals surface area contributed by atoms with Crippen molar-refractivity contribution in [3.63, 3.8) is 0 Å². The summed E-state index contributed by atoms with van der Waals surface area (Å²) in [5.41, 5.74) is 20.2. The number of nitrogens with zero attached hydrogens (tertiary/aromatic N) is 6. The van der Waals surface area contributed by atoms with Crippen molar-refractivity contribution in [3.05, 3.63) is 126 Å². The van der Waals surface area contributed by atoms with Crippen LogP contribution in [0.1, 0.15) is 107 Å². The largest absolute Gasteiger partial charge is 0.481 e. The van der Waals surface area contributed by atoms with Crippen LogP contribution in [-0.2, 0) is 122 Å². The molecule has 10 rings (SSSR count). The van der Waals surface area contributed by atoms with Gasteiger partial charge >= 0.3 is 23.9 Å². The molecule has 16 amide bonds. The number of hydrogen-bond donors (Lipinski definition) is 24. The van der Waals surface area contributed by atoms with Gasteiger partial charge in [-0.05, 0) is 85.5 Å². The number of primary amides is 3. The number of halogens is 1. The van der Waals surface area contributed by atoms with Crippen molar-refractivity contribution in [2.75, 3.05) is 103 Å². The number of carbonyl (C=O) groups is 20. The smallest absolute Gasteiger partial charge is 0.317 e. The fourth-order valence-corrected chi connectivity index (χ4v) is 19.6. The summed E-state index contributed by atoms with van der Waals surface area (Å²) in [6.07, 6.45) is 1.46. The molecule has 0 aliphatic carbocycles. The molecular weight excluding hydrogens is 1960 g/mol. The predicted octanol–water partition coefficient (Wildman–Crippen LogP) is -4.73. The van der Waals surface area contributed by atoms with E-state index in [1.54, 1.807) is 81.3 Å². The Bertz CT molecular complexity index is 5850. The molecule has 3 aromatic carbocycles. The van der Waals surface area contributed by atoms with Gasteiger partial charge < -0.3 is 131 Å². The molecule has 3 fully saturated rings. The Morgan fingerprint density at radius 1 is 0.497 bits per heavy atom. The molecule has 27 N–H and O–H groups in total. The van der Waals surface area contributed by atoms with Crippen molar-refractivity contribution < 1.29 is 126 Å². The number of aliphatic carboxylic acids is 4. The lowest BCUT2D eigenvalue weighted by Crippen LogP contribution is -2.63. The summed E-state index contributed by atoms with van der Waals surface area (Å²) >= 11 is 0. The molecule has 4 aromatic heterocycles. The lowest BCUT2D eigenvalue weighted by molar-refractivity contribution is -0.142. The molecule has 3 aliphatic heterocycles. The summed E-state index contributed by atoms with van der Waals surface area (Å²) in [7, 11) is 1.30. The van der Waals surface area contributed by atoms with Gasteiger partial charge in [-0.2, -0.15) is 0 Å². The predicted molar refractivity (Wildman–Crippen MR) is 529 cm³/mol. The molecule has 53 heteroatoms. The number of carboxylic acids is 4. The number of nitrogens with two attached hydrogens (primary N) is 3. The van der Waals surface area contributed by atoms with Gasteiger partial charge in [0.15, 0.2) is 0 Å². The lowest BCUT2D eigenvalue weighted by atomic mass is 9.97. The molecule has 0 saturated carbocycles. The van der Waals surface area contributed by atoms with Crippen LogP contribution in [0.15, 0.2) is 97.8 Å². The highest BCUT2D eigenvalue weighted by atomic mass is 33.1. The molecule has 0 radical (unpaired) electrons. The number of para-hydroxylation sites is 2. The number of likely N-dealkylation sites (tertiary alicyclic amines) is 1. The number of unbranched alkanes of at least 4 members (excludes halogenated alkanes) is 2. The maximum absolute atomic E-state index is 15.5. The average molecular weight is 2090 g/mol. The maximum atomic E-state index is 15.5. The fourth-order valence-electron chi connectivity index (χ4n) is 17.3. The van der Waals surface area contributed by atoms with E-state index in [4.69, 9.17) is 17.2 Å². The number of aliphatic hydroxyl groups excluding tert-OH is 1. The van der Waals surface area contributed by atoms with Gasteiger partial charge in [0.1, 0.15) is 78.3 Å². The van der Waals surface area contributed by atoms with Crippen LogP contribution in [0.4, 0.5) is 4.39 Å². The van der Waals surface area contributed by atoms with E-state index in [1.165, 1.54) is 37.9 Å². The van der Waals surface area contributed by atoms with E-state index in [9.17, 15) is 83.1 Å². The van der Waals surface area contributed by atoms with Crippen molar-refractivity contribution in [3.8, 4) is 0 Å². The monoisotopic (exact) mass is 2090 g/mol. The summed E-state index contributed by atoms with van der Waals surface area (Å²) in [6, 6.07) is -4.69. The standard InChI is InChI=1S/C94H126FN25O25S2/c1-4-50(2)81(114-93(144)82(51(3)121)115-89(140)63(31-52-39-101-60-15-9-7-13-57(52)60)105-75(124)18-6-5-11-21-100-76(125)43-116-23-25-117(44-78(128)129)27-29-119(46-80(132)133)30-28-118(26-24-116)45-79(130)131)92(143)113-71-48-147-146-47-70(91(142)111-69(94(145)120-22-12-17-72(120)83(98)134)33-54-41-103-62-20-19-55(95)34-59(54)62)112-88(139)68(38-77(126)127)110-85(136)65(35-56-42-99-49-104-56)107-84(135)64(32-53-40-102-61-16-10-8-14-58(53)61)106-86(137)66(36-73(96)122)108-87(138)67(37-74(97)123)109-90(71)141/h7-10,13-16,19-20,34,39-42,49-51,63-72,81-82,101-103,121H,4-6,11-12,17-18,21-33,35-38,43-48H2,1-3H3,(H2,96,122)(H2,97,123)(H2,98,134)(H,99,104)(H,100,125)(H,105,124)(H,106,137)(H,107,135)(H,108,138)(H,109,141)(H,110,136)(H,111,142)(H,112,139)(H,113,143)(H,114,144)(H,115,140)(H,126,127)(H,128,129)(H,130,131)(H,132,133)/t50-,51+,63-,64-,65-,66-,67-,68-,69-,70-,71-,72-,81-,82-/m0/s1. The number of nitrogens with one attached hydrogen (secondary N) is 16. The van der Waals surface area contributed by atoms with Gasteiger partial charge in [-0.3, -0.25) is 115 Å². The van der Waals surface area contributed by atoms with Gasteiger partial charge in [-0.15, -0.1) is 0 Å². The Labute approximate surface area is 849 Å². The third-order valence-electron chi connectivity index (χ3n) is 25.3. The van der Waals surface area contributed by atoms with Crippen LogP contribution < -0.4 is 81.0 Å². The molecular formula is C94H126FN25O25S2. The third kappa shape index (κ3) is 35.0. The van der Waals surface area contributed by atoms with Crippen molar-refractivity contribution in [1.29, 1.82) is 0 Å². The van der Waals surface area contributed by atoms with Gasteiger partial charge in [0.2, 0.25) is 94.5 Å². The van der Waals surface area contributed by atoms with Gasteiger partial charge in [-0.1, -0.05) is 84.7 Å². The zero-order valence-corrected chi connectivity index (χ0v) is 82.7. The van der Waals surface area contributed by atoms with E-state index in [0.29, 0.717) is 72.9 Å². The molecule has 3 saturated heterocycles. The number of H-pyrrole nitrogens is 4. The van der Waals surface area contributed by atoms with Crippen LogP contribution >= 0.6 is 21.6 Å². The van der Waals surface area contributed by atoms with Gasteiger partial charge in [0, 0.05) is 172 Å². The number of aromatic nitrogens is 5. The van der Waals surface area contributed by atoms with Crippen molar-refractivity contribution in [2.45, 2.75) is 189 Å². The average Bonchev–Trinajstić information content (AvgIpc) is 1.67. The van der Waals surface area contributed by atoms with Crippen LogP contribution in [0.25, 0.3) is 32.7 Å². The highest BCUT2D eigenvalue weighted by molar-refractivity contribution is 8.76. The first-order chi connectivity index (χ1) is 70.1. The molecule has 0 bridgehead atoms. The number of imidazole rings is 1. The molecule has 0 spiro atoms. The van der Waals surface area contributed by atoms with Gasteiger partial charge in [0.25, 0.3) is 0 Å². The van der Waals surface area contributed by atoms with Crippen LogP contribution in [0.2, 0.25) is 0 Å². The number of fused-ring (bicyclic) bond motifs is 3. The zero-order valence-electron chi connectivity index (χ0n) is 81.0. The zero-order chi connectivity index (χ0) is 107.